The van der Waals surface area contributed by atoms with Gasteiger partial charge in [0.05, 0.1) is 27.6 Å². The van der Waals surface area contributed by atoms with Crippen LogP contribution in [0.4, 0.5) is 17.1 Å². The molecule has 2 aromatic carbocycles. The van der Waals surface area contributed by atoms with Gasteiger partial charge >= 0.3 is 0 Å². The normalized spacial score (nSPS) is 12.9. The van der Waals surface area contributed by atoms with E-state index >= 15 is 0 Å². The third-order valence-electron chi connectivity index (χ3n) is 3.94. The second-order valence-electron chi connectivity index (χ2n) is 6.07. The van der Waals surface area contributed by atoms with Crippen molar-refractivity contribution >= 4 is 44.6 Å². The minimum atomic E-state index is -3.83. The highest BCUT2D eigenvalue weighted by Crippen LogP contribution is 2.34. The van der Waals surface area contributed by atoms with Crippen molar-refractivity contribution in [2.24, 2.45) is 0 Å². The number of amides is 1. The monoisotopic (exact) mass is 441 g/mol. The van der Waals surface area contributed by atoms with E-state index in [1.54, 1.807) is 6.07 Å². The number of nitrogens with one attached hydrogen (secondary N) is 1. The van der Waals surface area contributed by atoms with Gasteiger partial charge in [-0.25, -0.2) is 8.42 Å². The zero-order valence-corrected chi connectivity index (χ0v) is 16.7. The predicted octanol–water partition coefficient (Wildman–Crippen LogP) is 2.42. The molecule has 0 atom stereocenters. The molecule has 0 unspecified atom stereocenters. The Morgan fingerprint density at radius 3 is 2.55 bits per heavy atom. The maximum absolute atomic E-state index is 12.5. The molecule has 1 N–H and O–H groups in total. The lowest BCUT2D eigenvalue weighted by Crippen LogP contribution is -2.37. The lowest BCUT2D eigenvalue weighted by atomic mass is 10.2. The number of ether oxygens (including phenoxy) is 2. The average molecular weight is 442 g/mol. The van der Waals surface area contributed by atoms with Gasteiger partial charge in [-0.3, -0.25) is 19.2 Å². The average Bonchev–Trinajstić information content (AvgIpc) is 2.66. The maximum atomic E-state index is 12.5. The summed E-state index contributed by atoms with van der Waals surface area (Å²) in [4.78, 5) is 22.7. The van der Waals surface area contributed by atoms with E-state index in [9.17, 15) is 23.3 Å². The second-order valence-corrected chi connectivity index (χ2v) is 8.38. The van der Waals surface area contributed by atoms with E-state index in [1.165, 1.54) is 24.3 Å². The molecule has 3 rings (SSSR count). The Hall–Kier alpha value is -3.05. The van der Waals surface area contributed by atoms with Crippen LogP contribution < -0.4 is 19.1 Å². The Kier molecular flexibility index (Phi) is 5.80. The molecule has 1 amide bonds. The van der Waals surface area contributed by atoms with Crippen LogP contribution in [0.15, 0.2) is 36.4 Å². The van der Waals surface area contributed by atoms with E-state index < -0.39 is 27.4 Å². The number of anilines is 2. The fraction of sp³-hybridized carbons (Fsp3) is 0.235. The third kappa shape index (κ3) is 4.87. The maximum Gasteiger partial charge on any atom is 0.271 e. The number of nitro benzene ring substituents is 1. The molecule has 0 saturated heterocycles. The van der Waals surface area contributed by atoms with E-state index in [0.717, 1.165) is 16.6 Å². The van der Waals surface area contributed by atoms with Crippen LogP contribution in [-0.4, -0.2) is 45.3 Å². The smallest absolute Gasteiger partial charge is 0.271 e. The summed E-state index contributed by atoms with van der Waals surface area (Å²) in [6, 6.07) is 8.05. The van der Waals surface area contributed by atoms with Crippen molar-refractivity contribution in [2.45, 2.75) is 0 Å². The van der Waals surface area contributed by atoms with E-state index in [1.807, 2.05) is 0 Å². The fourth-order valence-electron chi connectivity index (χ4n) is 2.63. The molecule has 0 radical (unpaired) electrons. The van der Waals surface area contributed by atoms with Crippen LogP contribution in [0, 0.1) is 10.1 Å². The number of hydrogen-bond donors (Lipinski definition) is 1. The highest BCUT2D eigenvalue weighted by molar-refractivity contribution is 7.92. The topological polar surface area (TPSA) is 128 Å². The summed E-state index contributed by atoms with van der Waals surface area (Å²) < 4.78 is 36.3. The summed E-state index contributed by atoms with van der Waals surface area (Å²) in [6.45, 7) is 0.132. The highest BCUT2D eigenvalue weighted by atomic mass is 35.5. The van der Waals surface area contributed by atoms with E-state index in [-0.39, 0.29) is 22.1 Å². The molecule has 1 heterocycles. The molecule has 29 heavy (non-hydrogen) atoms. The van der Waals surface area contributed by atoms with Gasteiger partial charge in [0.25, 0.3) is 5.69 Å². The first-order valence-corrected chi connectivity index (χ1v) is 10.5. The van der Waals surface area contributed by atoms with Crippen LogP contribution in [0.1, 0.15) is 0 Å². The van der Waals surface area contributed by atoms with Gasteiger partial charge in [0.2, 0.25) is 15.9 Å². The summed E-state index contributed by atoms with van der Waals surface area (Å²) in [5.74, 6) is 0.110. The Labute approximate surface area is 171 Å². The summed E-state index contributed by atoms with van der Waals surface area (Å²) in [5, 5.41) is 13.4. The van der Waals surface area contributed by atoms with Gasteiger partial charge in [0, 0.05) is 18.2 Å². The number of carbonyl (C=O) groups excluding carboxylic acids is 1. The SMILES string of the molecule is CS(=O)(=O)N(CC(=O)Nc1cc([N+](=O)[O-])ccc1Cl)c1ccc2c(c1)OCCO2. The van der Waals surface area contributed by atoms with E-state index in [0.29, 0.717) is 24.7 Å². The van der Waals surface area contributed by atoms with Crippen LogP contribution in [0.25, 0.3) is 0 Å². The minimum absolute atomic E-state index is 0.00138. The van der Waals surface area contributed by atoms with Crippen LogP contribution in [0.2, 0.25) is 5.02 Å². The molecule has 0 fully saturated rings. The van der Waals surface area contributed by atoms with E-state index in [2.05, 4.69) is 5.32 Å². The van der Waals surface area contributed by atoms with Gasteiger partial charge in [-0.1, -0.05) is 11.6 Å². The van der Waals surface area contributed by atoms with Crippen molar-refractivity contribution in [1.29, 1.82) is 0 Å². The zero-order chi connectivity index (χ0) is 21.2. The minimum Gasteiger partial charge on any atom is -0.486 e. The molecule has 0 saturated carbocycles. The number of nitro groups is 1. The molecule has 0 aromatic heterocycles. The number of non-ortho nitro benzene ring substituents is 1. The first kappa shape index (κ1) is 20.7. The van der Waals surface area contributed by atoms with Gasteiger partial charge in [0.1, 0.15) is 19.8 Å². The number of benzene rings is 2. The lowest BCUT2D eigenvalue weighted by Gasteiger charge is -2.24. The molecule has 0 aliphatic carbocycles. The van der Waals surface area contributed by atoms with E-state index in [4.69, 9.17) is 21.1 Å². The molecule has 1 aliphatic heterocycles. The van der Waals surface area contributed by atoms with Crippen molar-refractivity contribution in [3.63, 3.8) is 0 Å². The van der Waals surface area contributed by atoms with Crippen LogP contribution in [0.3, 0.4) is 0 Å². The number of sulfonamides is 1. The predicted molar refractivity (Wildman–Crippen MR) is 106 cm³/mol. The molecule has 10 nitrogen and oxygen atoms in total. The highest BCUT2D eigenvalue weighted by Gasteiger charge is 2.24. The van der Waals surface area contributed by atoms with Crippen molar-refractivity contribution < 1.29 is 27.6 Å². The molecule has 0 bridgehead atoms. The quantitative estimate of drug-likeness (QED) is 0.538. The number of rotatable bonds is 6. The Morgan fingerprint density at radius 2 is 1.90 bits per heavy atom. The Balaban J connectivity index is 1.84. The number of fused-ring (bicyclic) bond motifs is 1. The number of halogens is 1. The van der Waals surface area contributed by atoms with Gasteiger partial charge in [-0.2, -0.15) is 0 Å². The number of carbonyl (C=O) groups is 1. The van der Waals surface area contributed by atoms with Gasteiger partial charge in [-0.05, 0) is 18.2 Å². The largest absolute Gasteiger partial charge is 0.486 e. The van der Waals surface area contributed by atoms with Crippen molar-refractivity contribution in [3.8, 4) is 11.5 Å². The summed E-state index contributed by atoms with van der Waals surface area (Å²) in [5.41, 5.74) is -0.0602. The van der Waals surface area contributed by atoms with Gasteiger partial charge < -0.3 is 14.8 Å². The summed E-state index contributed by atoms with van der Waals surface area (Å²) in [6.07, 6.45) is 0.956. The molecule has 1 aliphatic rings. The number of nitrogens with zero attached hydrogens (tertiary/aromatic N) is 2. The number of hydrogen-bond acceptors (Lipinski definition) is 7. The van der Waals surface area contributed by atoms with Crippen LogP contribution in [0.5, 0.6) is 11.5 Å². The van der Waals surface area contributed by atoms with Crippen molar-refractivity contribution in [1.82, 2.24) is 0 Å². The van der Waals surface area contributed by atoms with Gasteiger partial charge in [-0.15, -0.1) is 0 Å². The standard InChI is InChI=1S/C17H16ClN3O7S/c1-29(25,26)20(11-3-5-15-16(9-11)28-7-6-27-15)10-17(22)19-14-8-12(21(23)24)2-4-13(14)18/h2-5,8-9H,6-7,10H2,1H3,(H,19,22). The van der Waals surface area contributed by atoms with Crippen molar-refractivity contribution in [2.75, 3.05) is 35.6 Å². The lowest BCUT2D eigenvalue weighted by molar-refractivity contribution is -0.384. The summed E-state index contributed by atoms with van der Waals surface area (Å²) in [7, 11) is -3.83. The molecule has 2 aromatic rings. The zero-order valence-electron chi connectivity index (χ0n) is 15.1. The first-order valence-electron chi connectivity index (χ1n) is 8.26. The van der Waals surface area contributed by atoms with Gasteiger partial charge in [0.15, 0.2) is 11.5 Å². The Morgan fingerprint density at radius 1 is 1.21 bits per heavy atom. The molecular formula is C17H16ClN3O7S. The molecular weight excluding hydrogens is 426 g/mol. The molecule has 12 heteroatoms. The first-order chi connectivity index (χ1) is 13.6. The summed E-state index contributed by atoms with van der Waals surface area (Å²) >= 11 is 5.97. The second kappa shape index (κ2) is 8.13. The van der Waals surface area contributed by atoms with Crippen molar-refractivity contribution in [3.05, 3.63) is 51.5 Å². The Bertz CT molecular complexity index is 1070. The van der Waals surface area contributed by atoms with Crippen LogP contribution >= 0.6 is 11.6 Å². The fourth-order valence-corrected chi connectivity index (χ4v) is 3.64. The third-order valence-corrected chi connectivity index (χ3v) is 5.41. The van der Waals surface area contributed by atoms with Crippen LogP contribution in [-0.2, 0) is 14.8 Å². The molecule has 154 valence electrons. The molecule has 0 spiro atoms.